The van der Waals surface area contributed by atoms with Crippen LogP contribution < -0.4 is 11.2 Å². The minimum atomic E-state index is -0.521. The number of carbonyl (C=O) groups excluding carboxylic acids is 1. The van der Waals surface area contributed by atoms with Crippen LogP contribution >= 0.6 is 0 Å². The summed E-state index contributed by atoms with van der Waals surface area (Å²) in [5.74, 6) is -0.497. The van der Waals surface area contributed by atoms with Gasteiger partial charge in [-0.1, -0.05) is 60.7 Å². The molecule has 26 heavy (non-hydrogen) atoms. The third-order valence-electron chi connectivity index (χ3n) is 3.45. The molecule has 2 aromatic rings. The summed E-state index contributed by atoms with van der Waals surface area (Å²) in [7, 11) is 0. The first-order valence-corrected chi connectivity index (χ1v) is 7.90. The number of hydrogen-bond acceptors (Lipinski definition) is 5. The Hall–Kier alpha value is -3.58. The van der Waals surface area contributed by atoms with E-state index < -0.39 is 5.91 Å². The van der Waals surface area contributed by atoms with Crippen molar-refractivity contribution in [3.05, 3.63) is 83.2 Å². The third-order valence-corrected chi connectivity index (χ3v) is 3.45. The van der Waals surface area contributed by atoms with Gasteiger partial charge in [-0.05, 0) is 11.1 Å². The van der Waals surface area contributed by atoms with E-state index in [2.05, 4.69) is 20.5 Å². The van der Waals surface area contributed by atoms with Crippen molar-refractivity contribution in [3.63, 3.8) is 0 Å². The molecule has 0 unspecified atom stereocenters. The molecule has 0 radical (unpaired) electrons. The zero-order chi connectivity index (χ0) is 18.2. The van der Waals surface area contributed by atoms with E-state index in [1.54, 1.807) is 6.21 Å². The Morgan fingerprint density at radius 1 is 1.00 bits per heavy atom. The highest BCUT2D eigenvalue weighted by Gasteiger charge is 2.24. The maximum absolute atomic E-state index is 11.9. The number of rotatable bonds is 7. The highest BCUT2D eigenvalue weighted by Crippen LogP contribution is 2.17. The van der Waals surface area contributed by atoms with Crippen molar-refractivity contribution in [3.8, 4) is 0 Å². The number of nitrogens with zero attached hydrogens (tertiary/aromatic N) is 3. The molecule has 7 nitrogen and oxygen atoms in total. The first-order chi connectivity index (χ1) is 12.7. The lowest BCUT2D eigenvalue weighted by Crippen LogP contribution is -2.15. The quantitative estimate of drug-likeness (QED) is 0.346. The standard InChI is InChI=1S/C19H17N5O2/c20-18-16(22-13-23-26-12-15-9-5-2-6-10-15)17(19(25)24-18)21-11-14-7-3-1-4-8-14/h1-11,13H,12H2,(H3,20,22,23,24,25). The van der Waals surface area contributed by atoms with Crippen molar-refractivity contribution in [1.82, 2.24) is 5.48 Å². The molecule has 1 aliphatic rings. The van der Waals surface area contributed by atoms with Crippen molar-refractivity contribution in [2.45, 2.75) is 6.61 Å². The molecule has 3 N–H and O–H groups in total. The molecule has 0 saturated heterocycles. The van der Waals surface area contributed by atoms with E-state index >= 15 is 0 Å². The molecule has 1 amide bonds. The van der Waals surface area contributed by atoms with Crippen molar-refractivity contribution >= 4 is 24.3 Å². The lowest BCUT2D eigenvalue weighted by molar-refractivity contribution is -0.114. The average molecular weight is 347 g/mol. The third kappa shape index (κ3) is 4.49. The predicted octanol–water partition coefficient (Wildman–Crippen LogP) is 1.96. The van der Waals surface area contributed by atoms with E-state index in [-0.39, 0.29) is 17.2 Å². The molecule has 1 aliphatic heterocycles. The fourth-order valence-electron chi connectivity index (χ4n) is 2.19. The van der Waals surface area contributed by atoms with Crippen LogP contribution in [-0.2, 0) is 16.2 Å². The molecule has 1 heterocycles. The SMILES string of the molecule is NC1=NC(=O)C(N=Cc2ccccc2)=C1N=CNOCc1ccccc1. The number of amides is 1. The van der Waals surface area contributed by atoms with Crippen LogP contribution in [0.5, 0.6) is 0 Å². The fourth-order valence-corrected chi connectivity index (χ4v) is 2.19. The van der Waals surface area contributed by atoms with Gasteiger partial charge in [-0.25, -0.2) is 9.98 Å². The number of amidine groups is 1. The molecule has 2 aromatic carbocycles. The molecular weight excluding hydrogens is 330 g/mol. The van der Waals surface area contributed by atoms with Gasteiger partial charge in [-0.3, -0.25) is 15.1 Å². The second-order valence-corrected chi connectivity index (χ2v) is 5.32. The average Bonchev–Trinajstić information content (AvgIpc) is 2.94. The van der Waals surface area contributed by atoms with Crippen LogP contribution in [0.4, 0.5) is 0 Å². The van der Waals surface area contributed by atoms with E-state index in [4.69, 9.17) is 10.6 Å². The topological polar surface area (TPSA) is 101 Å². The Morgan fingerprint density at radius 2 is 1.69 bits per heavy atom. The first-order valence-electron chi connectivity index (χ1n) is 7.90. The Labute approximate surface area is 150 Å². The van der Waals surface area contributed by atoms with Crippen molar-refractivity contribution in [2.75, 3.05) is 0 Å². The molecule has 7 heteroatoms. The predicted molar refractivity (Wildman–Crippen MR) is 101 cm³/mol. The highest BCUT2D eigenvalue weighted by molar-refractivity contribution is 6.18. The normalized spacial score (nSPS) is 14.5. The second-order valence-electron chi connectivity index (χ2n) is 5.32. The van der Waals surface area contributed by atoms with E-state index in [9.17, 15) is 4.79 Å². The van der Waals surface area contributed by atoms with Gasteiger partial charge in [0.05, 0.1) is 6.61 Å². The van der Waals surface area contributed by atoms with Crippen LogP contribution in [0.3, 0.4) is 0 Å². The number of hydroxylamine groups is 1. The smallest absolute Gasteiger partial charge is 0.299 e. The molecule has 0 spiro atoms. The molecule has 130 valence electrons. The molecule has 0 aliphatic carbocycles. The van der Waals surface area contributed by atoms with Gasteiger partial charge in [-0.2, -0.15) is 4.99 Å². The van der Waals surface area contributed by atoms with Gasteiger partial charge in [-0.15, -0.1) is 0 Å². The first kappa shape index (κ1) is 17.2. The van der Waals surface area contributed by atoms with Crippen molar-refractivity contribution in [1.29, 1.82) is 0 Å². The van der Waals surface area contributed by atoms with E-state index in [0.29, 0.717) is 6.61 Å². The monoisotopic (exact) mass is 347 g/mol. The minimum absolute atomic E-state index is 0.0244. The number of nitrogens with two attached hydrogens (primary N) is 1. The van der Waals surface area contributed by atoms with E-state index in [0.717, 1.165) is 11.1 Å². The lowest BCUT2D eigenvalue weighted by atomic mass is 10.2. The minimum Gasteiger partial charge on any atom is -0.382 e. The van der Waals surface area contributed by atoms with Gasteiger partial charge < -0.3 is 5.73 Å². The zero-order valence-corrected chi connectivity index (χ0v) is 13.9. The van der Waals surface area contributed by atoms with E-state index in [1.165, 1.54) is 6.34 Å². The Kier molecular flexibility index (Phi) is 5.64. The number of benzene rings is 2. The Bertz CT molecular complexity index is 887. The van der Waals surface area contributed by atoms with Crippen molar-refractivity contribution < 1.29 is 9.63 Å². The number of aliphatic imine (C=N–C) groups is 3. The largest absolute Gasteiger partial charge is 0.382 e. The van der Waals surface area contributed by atoms with Crippen LogP contribution in [-0.4, -0.2) is 24.3 Å². The van der Waals surface area contributed by atoms with Gasteiger partial charge in [0.2, 0.25) is 0 Å². The number of carbonyl (C=O) groups is 1. The van der Waals surface area contributed by atoms with Gasteiger partial charge in [0.1, 0.15) is 12.0 Å². The van der Waals surface area contributed by atoms with Crippen molar-refractivity contribution in [2.24, 2.45) is 20.7 Å². The molecule has 0 saturated carbocycles. The molecule has 3 rings (SSSR count). The molecule has 0 fully saturated rings. The molecule has 0 atom stereocenters. The zero-order valence-electron chi connectivity index (χ0n) is 13.9. The lowest BCUT2D eigenvalue weighted by Gasteiger charge is -2.02. The van der Waals surface area contributed by atoms with Gasteiger partial charge in [0, 0.05) is 6.21 Å². The van der Waals surface area contributed by atoms with Crippen LogP contribution in [0.25, 0.3) is 0 Å². The second kappa shape index (κ2) is 8.50. The van der Waals surface area contributed by atoms with Crippen LogP contribution in [0.15, 0.2) is 87.0 Å². The molecule has 0 bridgehead atoms. The fraction of sp³-hybridized carbons (Fsp3) is 0.0526. The number of hydrogen-bond donors (Lipinski definition) is 2. The molecule has 0 aromatic heterocycles. The Morgan fingerprint density at radius 3 is 2.42 bits per heavy atom. The summed E-state index contributed by atoms with van der Waals surface area (Å²) >= 11 is 0. The van der Waals surface area contributed by atoms with E-state index in [1.807, 2.05) is 60.7 Å². The maximum Gasteiger partial charge on any atom is 0.299 e. The summed E-state index contributed by atoms with van der Waals surface area (Å²) in [6.45, 7) is 0.368. The number of nitrogens with one attached hydrogen (secondary N) is 1. The van der Waals surface area contributed by atoms with Gasteiger partial charge >= 0.3 is 0 Å². The maximum atomic E-state index is 11.9. The summed E-state index contributed by atoms with van der Waals surface area (Å²) in [6, 6.07) is 19.1. The summed E-state index contributed by atoms with van der Waals surface area (Å²) < 4.78 is 0. The summed E-state index contributed by atoms with van der Waals surface area (Å²) in [4.78, 5) is 29.2. The highest BCUT2D eigenvalue weighted by atomic mass is 16.6. The summed E-state index contributed by atoms with van der Waals surface area (Å²) in [6.07, 6.45) is 2.87. The van der Waals surface area contributed by atoms with Crippen LogP contribution in [0, 0.1) is 0 Å². The Balaban J connectivity index is 1.64. The van der Waals surface area contributed by atoms with Gasteiger partial charge in [0.25, 0.3) is 5.91 Å². The summed E-state index contributed by atoms with van der Waals surface area (Å²) in [5.41, 5.74) is 10.5. The van der Waals surface area contributed by atoms with Gasteiger partial charge in [0.15, 0.2) is 11.5 Å². The van der Waals surface area contributed by atoms with Crippen LogP contribution in [0.2, 0.25) is 0 Å². The molecular formula is C19H17N5O2. The summed E-state index contributed by atoms with van der Waals surface area (Å²) in [5, 5.41) is 0. The van der Waals surface area contributed by atoms with Crippen LogP contribution in [0.1, 0.15) is 11.1 Å².